The summed E-state index contributed by atoms with van der Waals surface area (Å²) >= 11 is 3.03. The summed E-state index contributed by atoms with van der Waals surface area (Å²) in [6.45, 7) is 0. The van der Waals surface area contributed by atoms with E-state index in [0.29, 0.717) is 17.1 Å². The molecule has 0 unspecified atom stereocenters. The maximum atomic E-state index is 12.3. The van der Waals surface area contributed by atoms with Crippen molar-refractivity contribution in [2.24, 2.45) is 5.14 Å². The number of nitrogens with one attached hydrogen (secondary N) is 1. The lowest BCUT2D eigenvalue weighted by Crippen LogP contribution is -2.15. The number of ether oxygens (including phenoxy) is 2. The molecule has 3 N–H and O–H groups in total. The molecule has 0 spiro atoms. The van der Waals surface area contributed by atoms with Gasteiger partial charge in [-0.25, -0.2) is 18.5 Å². The van der Waals surface area contributed by atoms with Crippen molar-refractivity contribution in [3.63, 3.8) is 0 Å². The number of thioether (sulfide) groups is 1. The number of primary sulfonamides is 1. The van der Waals surface area contributed by atoms with E-state index in [-0.39, 0.29) is 17.2 Å². The van der Waals surface area contributed by atoms with Gasteiger partial charge in [-0.1, -0.05) is 11.8 Å². The Kier molecular flexibility index (Phi) is 7.55. The van der Waals surface area contributed by atoms with Gasteiger partial charge in [-0.15, -0.1) is 11.3 Å². The van der Waals surface area contributed by atoms with E-state index in [2.05, 4.69) is 10.3 Å². The van der Waals surface area contributed by atoms with Crippen LogP contribution in [0.15, 0.2) is 57.1 Å². The van der Waals surface area contributed by atoms with Crippen LogP contribution in [0.25, 0.3) is 0 Å². The average molecular weight is 480 g/mol. The van der Waals surface area contributed by atoms with Crippen LogP contribution in [0, 0.1) is 0 Å². The molecule has 164 valence electrons. The lowest BCUT2D eigenvalue weighted by molar-refractivity contribution is -0.115. The number of sulfonamides is 1. The Labute approximate surface area is 188 Å². The minimum atomic E-state index is -3.77. The van der Waals surface area contributed by atoms with Gasteiger partial charge >= 0.3 is 0 Å². The Bertz CT molecular complexity index is 1140. The molecule has 0 saturated carbocycles. The van der Waals surface area contributed by atoms with Crippen LogP contribution >= 0.6 is 23.1 Å². The standard InChI is InChI=1S/C20H21N3O5S3/c1-27-16-7-13(8-17(10-16)28-2)11-29-20-23-15(12-30-20)9-19(24)22-14-3-5-18(6-4-14)31(21,25)26/h3-8,10,12H,9,11H2,1-2H3,(H,22,24)(H2,21,25,26). The van der Waals surface area contributed by atoms with Gasteiger partial charge in [0.1, 0.15) is 15.8 Å². The maximum Gasteiger partial charge on any atom is 0.238 e. The van der Waals surface area contributed by atoms with Crippen LogP contribution in [-0.4, -0.2) is 33.5 Å². The van der Waals surface area contributed by atoms with E-state index in [4.69, 9.17) is 14.6 Å². The number of hydrogen-bond acceptors (Lipinski definition) is 8. The highest BCUT2D eigenvalue weighted by Gasteiger charge is 2.11. The molecule has 1 heterocycles. The first-order valence-electron chi connectivity index (χ1n) is 8.98. The monoisotopic (exact) mass is 479 g/mol. The van der Waals surface area contributed by atoms with E-state index in [0.717, 1.165) is 21.4 Å². The van der Waals surface area contributed by atoms with Crippen molar-refractivity contribution in [1.29, 1.82) is 0 Å². The zero-order valence-electron chi connectivity index (χ0n) is 16.8. The number of aromatic nitrogens is 1. The summed E-state index contributed by atoms with van der Waals surface area (Å²) < 4.78 is 34.0. The Balaban J connectivity index is 1.55. The van der Waals surface area contributed by atoms with Crippen LogP contribution < -0.4 is 19.9 Å². The summed E-state index contributed by atoms with van der Waals surface area (Å²) in [5.41, 5.74) is 2.18. The van der Waals surface area contributed by atoms with E-state index in [9.17, 15) is 13.2 Å². The smallest absolute Gasteiger partial charge is 0.238 e. The average Bonchev–Trinajstić information content (AvgIpc) is 3.18. The summed E-state index contributed by atoms with van der Waals surface area (Å²) in [4.78, 5) is 16.8. The molecule has 3 rings (SSSR count). The lowest BCUT2D eigenvalue weighted by Gasteiger charge is -2.07. The highest BCUT2D eigenvalue weighted by atomic mass is 32.2. The molecule has 31 heavy (non-hydrogen) atoms. The molecule has 3 aromatic rings. The number of rotatable bonds is 9. The molecule has 0 saturated heterocycles. The minimum absolute atomic E-state index is 0.0136. The van der Waals surface area contributed by atoms with E-state index in [1.165, 1.54) is 35.6 Å². The van der Waals surface area contributed by atoms with Crippen LogP contribution in [0.4, 0.5) is 5.69 Å². The van der Waals surface area contributed by atoms with Gasteiger partial charge in [0.05, 0.1) is 31.2 Å². The summed E-state index contributed by atoms with van der Waals surface area (Å²) in [6, 6.07) is 11.4. The van der Waals surface area contributed by atoms with E-state index in [1.54, 1.807) is 26.0 Å². The van der Waals surface area contributed by atoms with E-state index < -0.39 is 10.0 Å². The molecule has 1 amide bonds. The van der Waals surface area contributed by atoms with Gasteiger partial charge in [-0.3, -0.25) is 4.79 Å². The third-order valence-corrected chi connectivity index (χ3v) is 7.18. The Hall–Kier alpha value is -2.60. The first-order chi connectivity index (χ1) is 14.8. The number of methoxy groups -OCH3 is 2. The predicted molar refractivity (Wildman–Crippen MR) is 121 cm³/mol. The van der Waals surface area contributed by atoms with Crippen molar-refractivity contribution in [2.75, 3.05) is 19.5 Å². The number of carbonyl (C=O) groups excluding carboxylic acids is 1. The Morgan fingerprint density at radius 2 is 1.77 bits per heavy atom. The largest absolute Gasteiger partial charge is 0.497 e. The fourth-order valence-electron chi connectivity index (χ4n) is 2.63. The molecule has 1 aromatic heterocycles. The summed E-state index contributed by atoms with van der Waals surface area (Å²) in [5.74, 6) is 1.89. The Morgan fingerprint density at radius 1 is 1.13 bits per heavy atom. The highest BCUT2D eigenvalue weighted by molar-refractivity contribution is 8.00. The molecule has 0 atom stereocenters. The van der Waals surface area contributed by atoms with Gasteiger partial charge in [0.25, 0.3) is 0 Å². The Morgan fingerprint density at radius 3 is 2.35 bits per heavy atom. The fourth-order valence-corrected chi connectivity index (χ4v) is 4.92. The van der Waals surface area contributed by atoms with Crippen molar-refractivity contribution < 1.29 is 22.7 Å². The van der Waals surface area contributed by atoms with Crippen molar-refractivity contribution in [1.82, 2.24) is 4.98 Å². The zero-order valence-corrected chi connectivity index (χ0v) is 19.3. The van der Waals surface area contributed by atoms with Gasteiger partial charge in [0.15, 0.2) is 0 Å². The molecule has 0 bridgehead atoms. The van der Waals surface area contributed by atoms with Crippen molar-refractivity contribution >= 4 is 44.7 Å². The molecule has 2 aromatic carbocycles. The van der Waals surface area contributed by atoms with Crippen LogP contribution in [0.1, 0.15) is 11.3 Å². The third kappa shape index (κ3) is 6.69. The van der Waals surface area contributed by atoms with Gasteiger partial charge in [-0.2, -0.15) is 0 Å². The first-order valence-corrected chi connectivity index (χ1v) is 12.4. The number of thiazole rings is 1. The molecule has 0 radical (unpaired) electrons. The van der Waals surface area contributed by atoms with Crippen LogP contribution in [0.3, 0.4) is 0 Å². The molecule has 0 aliphatic heterocycles. The normalized spacial score (nSPS) is 11.2. The highest BCUT2D eigenvalue weighted by Crippen LogP contribution is 2.30. The summed E-state index contributed by atoms with van der Waals surface area (Å²) in [7, 11) is -0.546. The molecule has 0 fully saturated rings. The lowest BCUT2D eigenvalue weighted by atomic mass is 10.2. The van der Waals surface area contributed by atoms with Gasteiger partial charge < -0.3 is 14.8 Å². The molecule has 8 nitrogen and oxygen atoms in total. The second-order valence-electron chi connectivity index (χ2n) is 6.41. The SMILES string of the molecule is COc1cc(CSc2nc(CC(=O)Nc3ccc(S(N)(=O)=O)cc3)cs2)cc(OC)c1. The number of carbonyl (C=O) groups is 1. The fraction of sp³-hybridized carbons (Fsp3) is 0.200. The molecular formula is C20H21N3O5S3. The van der Waals surface area contributed by atoms with E-state index >= 15 is 0 Å². The van der Waals surface area contributed by atoms with Crippen LogP contribution in [-0.2, 0) is 27.0 Å². The van der Waals surface area contributed by atoms with Crippen LogP contribution in [0.2, 0.25) is 0 Å². The van der Waals surface area contributed by atoms with Crippen molar-refractivity contribution in [3.05, 3.63) is 59.1 Å². The van der Waals surface area contributed by atoms with Gasteiger partial charge in [0.2, 0.25) is 15.9 Å². The number of hydrogen-bond donors (Lipinski definition) is 2. The first kappa shape index (κ1) is 23.1. The third-order valence-electron chi connectivity index (χ3n) is 4.11. The zero-order chi connectivity index (χ0) is 22.4. The summed E-state index contributed by atoms with van der Waals surface area (Å²) in [6.07, 6.45) is 0.112. The molecular weight excluding hydrogens is 458 g/mol. The molecule has 0 aliphatic rings. The summed E-state index contributed by atoms with van der Waals surface area (Å²) in [5, 5.41) is 9.63. The maximum absolute atomic E-state index is 12.3. The van der Waals surface area contributed by atoms with Gasteiger partial charge in [-0.05, 0) is 42.0 Å². The number of nitrogens with two attached hydrogens (primary N) is 1. The number of anilines is 1. The topological polar surface area (TPSA) is 121 Å². The van der Waals surface area contributed by atoms with Crippen molar-refractivity contribution in [3.8, 4) is 11.5 Å². The number of nitrogens with zero attached hydrogens (tertiary/aromatic N) is 1. The predicted octanol–water partition coefficient (Wildman–Crippen LogP) is 3.28. The second-order valence-corrected chi connectivity index (χ2v) is 10.1. The number of benzene rings is 2. The quantitative estimate of drug-likeness (QED) is 0.452. The molecule has 0 aliphatic carbocycles. The van der Waals surface area contributed by atoms with Crippen LogP contribution in [0.5, 0.6) is 11.5 Å². The number of amides is 1. The van der Waals surface area contributed by atoms with Gasteiger partial charge in [0, 0.05) is 22.9 Å². The van der Waals surface area contributed by atoms with E-state index in [1.807, 2.05) is 23.6 Å². The van der Waals surface area contributed by atoms with Crippen molar-refractivity contribution in [2.45, 2.75) is 21.4 Å². The molecule has 11 heteroatoms. The second kappa shape index (κ2) is 10.1. The minimum Gasteiger partial charge on any atom is -0.497 e.